The minimum atomic E-state index is -1.23. The smallest absolute Gasteiger partial charge is 0.347 e. The monoisotopic (exact) mass is 352 g/mol. The molecule has 3 rings (SSSR count). The predicted molar refractivity (Wildman–Crippen MR) is 105 cm³/mol. The van der Waals surface area contributed by atoms with E-state index in [4.69, 9.17) is 4.74 Å². The first-order chi connectivity index (χ1) is 12.4. The van der Waals surface area contributed by atoms with Gasteiger partial charge in [-0.2, -0.15) is 0 Å². The van der Waals surface area contributed by atoms with Gasteiger partial charge in [0.25, 0.3) is 0 Å². The van der Waals surface area contributed by atoms with Crippen LogP contribution in [0, 0.1) is 0 Å². The Kier molecular flexibility index (Phi) is 5.36. The van der Waals surface area contributed by atoms with Crippen molar-refractivity contribution in [1.82, 2.24) is 0 Å². The molecule has 1 saturated carbocycles. The molecular formula is C23H28O3. The second-order valence-corrected chi connectivity index (χ2v) is 7.79. The van der Waals surface area contributed by atoms with Gasteiger partial charge in [0.05, 0.1) is 0 Å². The van der Waals surface area contributed by atoms with Crippen LogP contribution in [0.25, 0.3) is 0 Å². The van der Waals surface area contributed by atoms with E-state index in [0.29, 0.717) is 5.75 Å². The molecule has 0 aromatic heterocycles. The molecule has 2 aliphatic rings. The molecule has 3 heteroatoms. The standard InChI is InChI=1S/C23H28O3/c1-22(2,21(24)25)26-20-14-12-19(13-15-20)23(16-8-5-9-17-23)18-10-6-3-4-7-11-18/h3-4,6-7,10,12-15H,5,8-9,11,16-17H2,1-2H3,(H,24,25). The summed E-state index contributed by atoms with van der Waals surface area (Å²) in [6.45, 7) is 3.14. The number of carboxylic acids is 1. The minimum absolute atomic E-state index is 0.0815. The average Bonchev–Trinajstić information content (AvgIpc) is 2.92. The van der Waals surface area contributed by atoms with Crippen molar-refractivity contribution in [3.63, 3.8) is 0 Å². The van der Waals surface area contributed by atoms with E-state index < -0.39 is 11.6 Å². The number of hydrogen-bond acceptors (Lipinski definition) is 2. The molecule has 138 valence electrons. The summed E-state index contributed by atoms with van der Waals surface area (Å²) in [7, 11) is 0. The van der Waals surface area contributed by atoms with Crippen molar-refractivity contribution in [2.45, 2.75) is 63.4 Å². The van der Waals surface area contributed by atoms with Crippen LogP contribution in [0.2, 0.25) is 0 Å². The van der Waals surface area contributed by atoms with Gasteiger partial charge in [-0.15, -0.1) is 0 Å². The highest BCUT2D eigenvalue weighted by Gasteiger charge is 2.37. The average molecular weight is 352 g/mol. The van der Waals surface area contributed by atoms with Crippen LogP contribution in [-0.4, -0.2) is 16.7 Å². The first-order valence-corrected chi connectivity index (χ1v) is 9.50. The van der Waals surface area contributed by atoms with E-state index in [-0.39, 0.29) is 5.41 Å². The fraction of sp³-hybridized carbons (Fsp3) is 0.435. The number of aliphatic carboxylic acids is 1. The normalized spacial score (nSPS) is 19.5. The quantitative estimate of drug-likeness (QED) is 0.753. The van der Waals surface area contributed by atoms with Crippen molar-refractivity contribution in [3.8, 4) is 5.75 Å². The summed E-state index contributed by atoms with van der Waals surface area (Å²) in [5, 5.41) is 9.25. The lowest BCUT2D eigenvalue weighted by atomic mass is 9.64. The lowest BCUT2D eigenvalue weighted by Gasteiger charge is -2.40. The molecule has 0 unspecified atom stereocenters. The molecule has 1 N–H and O–H groups in total. The number of carboxylic acid groups (broad SMARTS) is 1. The maximum absolute atomic E-state index is 11.3. The summed E-state index contributed by atoms with van der Waals surface area (Å²) in [4.78, 5) is 11.3. The summed E-state index contributed by atoms with van der Waals surface area (Å²) in [6.07, 6.45) is 18.0. The van der Waals surface area contributed by atoms with E-state index in [1.807, 2.05) is 12.1 Å². The number of carbonyl (C=O) groups is 1. The lowest BCUT2D eigenvalue weighted by molar-refractivity contribution is -0.152. The second-order valence-electron chi connectivity index (χ2n) is 7.79. The number of hydrogen-bond donors (Lipinski definition) is 1. The molecule has 1 aromatic carbocycles. The number of ether oxygens (including phenoxy) is 1. The van der Waals surface area contributed by atoms with E-state index in [0.717, 1.165) is 6.42 Å². The molecule has 3 nitrogen and oxygen atoms in total. The fourth-order valence-electron chi connectivity index (χ4n) is 4.06. The largest absolute Gasteiger partial charge is 0.478 e. The summed E-state index contributed by atoms with van der Waals surface area (Å²) in [5.41, 5.74) is 1.64. The van der Waals surface area contributed by atoms with Gasteiger partial charge >= 0.3 is 5.97 Å². The van der Waals surface area contributed by atoms with Crippen LogP contribution in [0.5, 0.6) is 5.75 Å². The molecule has 0 heterocycles. The maximum atomic E-state index is 11.3. The lowest BCUT2D eigenvalue weighted by Crippen LogP contribution is -2.37. The highest BCUT2D eigenvalue weighted by molar-refractivity contribution is 5.76. The van der Waals surface area contributed by atoms with Crippen molar-refractivity contribution in [1.29, 1.82) is 0 Å². The Morgan fingerprint density at radius 2 is 1.73 bits per heavy atom. The maximum Gasteiger partial charge on any atom is 0.347 e. The van der Waals surface area contributed by atoms with Crippen LogP contribution in [0.3, 0.4) is 0 Å². The molecule has 0 spiro atoms. The van der Waals surface area contributed by atoms with Gasteiger partial charge in [-0.1, -0.05) is 67.3 Å². The molecule has 1 fully saturated rings. The van der Waals surface area contributed by atoms with Gasteiger partial charge in [0, 0.05) is 5.41 Å². The minimum Gasteiger partial charge on any atom is -0.478 e. The first-order valence-electron chi connectivity index (χ1n) is 9.50. The van der Waals surface area contributed by atoms with E-state index >= 15 is 0 Å². The summed E-state index contributed by atoms with van der Waals surface area (Å²) in [6, 6.07) is 8.08. The Hall–Kier alpha value is -2.29. The highest BCUT2D eigenvalue weighted by atomic mass is 16.5. The molecule has 0 radical (unpaired) electrons. The highest BCUT2D eigenvalue weighted by Crippen LogP contribution is 2.47. The Morgan fingerprint density at radius 1 is 1.04 bits per heavy atom. The van der Waals surface area contributed by atoms with Crippen LogP contribution in [0.1, 0.15) is 57.9 Å². The predicted octanol–water partition coefficient (Wildman–Crippen LogP) is 5.57. The molecule has 0 aliphatic heterocycles. The van der Waals surface area contributed by atoms with Gasteiger partial charge in [0.2, 0.25) is 0 Å². The van der Waals surface area contributed by atoms with Crippen molar-refractivity contribution < 1.29 is 14.6 Å². The van der Waals surface area contributed by atoms with Gasteiger partial charge in [-0.3, -0.25) is 0 Å². The number of rotatable bonds is 5. The van der Waals surface area contributed by atoms with Crippen LogP contribution in [0.4, 0.5) is 0 Å². The molecular weight excluding hydrogens is 324 g/mol. The van der Waals surface area contributed by atoms with Crippen LogP contribution in [0.15, 0.2) is 60.2 Å². The van der Waals surface area contributed by atoms with Gasteiger partial charge in [0.15, 0.2) is 5.60 Å². The Morgan fingerprint density at radius 3 is 2.38 bits per heavy atom. The van der Waals surface area contributed by atoms with Gasteiger partial charge in [-0.05, 0) is 50.8 Å². The molecule has 2 aliphatic carbocycles. The van der Waals surface area contributed by atoms with Crippen molar-refractivity contribution >= 4 is 5.97 Å². The van der Waals surface area contributed by atoms with Crippen molar-refractivity contribution in [2.75, 3.05) is 0 Å². The van der Waals surface area contributed by atoms with E-state index in [2.05, 4.69) is 42.5 Å². The van der Waals surface area contributed by atoms with E-state index in [1.165, 1.54) is 43.2 Å². The molecule has 1 aromatic rings. The molecule has 0 atom stereocenters. The zero-order valence-electron chi connectivity index (χ0n) is 15.7. The molecule has 0 saturated heterocycles. The topological polar surface area (TPSA) is 46.5 Å². The third-order valence-electron chi connectivity index (χ3n) is 5.61. The second kappa shape index (κ2) is 7.53. The van der Waals surface area contributed by atoms with Gasteiger partial charge in [0.1, 0.15) is 5.75 Å². The Bertz CT molecular complexity index is 729. The van der Waals surface area contributed by atoms with Gasteiger partial charge < -0.3 is 9.84 Å². The molecule has 0 amide bonds. The van der Waals surface area contributed by atoms with Crippen LogP contribution >= 0.6 is 0 Å². The number of allylic oxidation sites excluding steroid dienone is 6. The summed E-state index contributed by atoms with van der Waals surface area (Å²) < 4.78 is 5.67. The molecule has 26 heavy (non-hydrogen) atoms. The van der Waals surface area contributed by atoms with Crippen molar-refractivity contribution in [3.05, 3.63) is 65.8 Å². The Labute approximate surface area is 156 Å². The fourth-order valence-corrected chi connectivity index (χ4v) is 4.06. The van der Waals surface area contributed by atoms with Gasteiger partial charge in [-0.25, -0.2) is 4.79 Å². The summed E-state index contributed by atoms with van der Waals surface area (Å²) >= 11 is 0. The zero-order valence-corrected chi connectivity index (χ0v) is 15.7. The zero-order chi connectivity index (χ0) is 18.6. The van der Waals surface area contributed by atoms with Crippen molar-refractivity contribution in [2.24, 2.45) is 0 Å². The third kappa shape index (κ3) is 3.77. The first kappa shape index (κ1) is 18.5. The molecule has 0 bridgehead atoms. The SMILES string of the molecule is CC(C)(Oc1ccc(C2(C3=CC=CC=CC3)CCCCC2)cc1)C(=O)O. The Balaban J connectivity index is 1.90. The van der Waals surface area contributed by atoms with Crippen LogP contribution in [-0.2, 0) is 10.2 Å². The summed E-state index contributed by atoms with van der Waals surface area (Å²) in [5.74, 6) is -0.366. The van der Waals surface area contributed by atoms with E-state index in [1.54, 1.807) is 13.8 Å². The third-order valence-corrected chi connectivity index (χ3v) is 5.61. The van der Waals surface area contributed by atoms with E-state index in [9.17, 15) is 9.90 Å². The van der Waals surface area contributed by atoms with Crippen LogP contribution < -0.4 is 4.74 Å². The number of benzene rings is 1.